The van der Waals surface area contributed by atoms with Crippen LogP contribution in [-0.2, 0) is 18.5 Å². The third-order valence-corrected chi connectivity index (χ3v) is 9.31. The van der Waals surface area contributed by atoms with Gasteiger partial charge in [0.1, 0.15) is 17.7 Å². The number of hydrogen-bond acceptors (Lipinski definition) is 6. The van der Waals surface area contributed by atoms with Gasteiger partial charge in [-0.2, -0.15) is 0 Å². The molecule has 8 nitrogen and oxygen atoms in total. The summed E-state index contributed by atoms with van der Waals surface area (Å²) in [5.41, 5.74) is 8.17. The normalized spacial score (nSPS) is 11.6. The second kappa shape index (κ2) is 13.7. The minimum atomic E-state index is -0.843. The maximum atomic E-state index is 5.17. The molecule has 0 atom stereocenters. The first-order chi connectivity index (χ1) is 24.8. The molecule has 0 spiro atoms. The summed E-state index contributed by atoms with van der Waals surface area (Å²) in [4.78, 5) is 15.4. The van der Waals surface area contributed by atoms with Crippen LogP contribution in [0.4, 0.5) is 0 Å². The fourth-order valence-corrected chi connectivity index (χ4v) is 6.87. The number of tetrazole rings is 1. The molecule has 0 aliphatic rings. The Kier molecular flexibility index (Phi) is 8.49. The van der Waals surface area contributed by atoms with E-state index in [9.17, 15) is 0 Å². The SMILES string of the molecule is CCCCc1nc2cncnc2n1Cc1ccc(-c2ccccc2-c2nnn(C(c3ccccc3)(c3ccccc3)c3ccccc3)n2)cc1. The van der Waals surface area contributed by atoms with Gasteiger partial charge in [-0.25, -0.2) is 15.0 Å². The first-order valence-corrected chi connectivity index (χ1v) is 17.1. The first kappa shape index (κ1) is 31.0. The molecule has 0 aliphatic carbocycles. The lowest BCUT2D eigenvalue weighted by atomic mass is 9.77. The summed E-state index contributed by atoms with van der Waals surface area (Å²) in [6, 6.07) is 48.2. The van der Waals surface area contributed by atoms with Gasteiger partial charge in [0.15, 0.2) is 11.2 Å². The van der Waals surface area contributed by atoms with Crippen LogP contribution in [0.1, 0.15) is 47.8 Å². The second-order valence-electron chi connectivity index (χ2n) is 12.4. The smallest absolute Gasteiger partial charge is 0.205 e. The van der Waals surface area contributed by atoms with Crippen LogP contribution in [-0.4, -0.2) is 39.7 Å². The van der Waals surface area contributed by atoms with Crippen LogP contribution in [0.15, 0.2) is 152 Å². The Balaban J connectivity index is 1.18. The number of nitrogens with zero attached hydrogens (tertiary/aromatic N) is 8. The van der Waals surface area contributed by atoms with E-state index in [2.05, 4.69) is 137 Å². The molecule has 0 bridgehead atoms. The van der Waals surface area contributed by atoms with E-state index >= 15 is 0 Å². The van der Waals surface area contributed by atoms with Gasteiger partial charge >= 0.3 is 0 Å². The molecule has 244 valence electrons. The van der Waals surface area contributed by atoms with E-state index in [1.165, 1.54) is 5.56 Å². The number of hydrogen-bond donors (Lipinski definition) is 0. The molecule has 8 heteroatoms. The minimum Gasteiger partial charge on any atom is -0.308 e. The molecule has 0 unspecified atom stereocenters. The zero-order chi connectivity index (χ0) is 33.8. The summed E-state index contributed by atoms with van der Waals surface area (Å²) < 4.78 is 2.22. The average Bonchev–Trinajstić information content (AvgIpc) is 3.81. The fraction of sp³-hybridized carbons (Fsp3) is 0.143. The standard InChI is InChI=1S/C42H36N8/c1-2-3-23-39-45-38-28-43-30-44-41(38)49(39)29-31-24-26-32(27-25-31)36-21-13-14-22-37(36)40-46-48-50(47-40)42(33-15-7-4-8-16-33,34-17-9-5-10-18-34)35-19-11-6-12-20-35/h4-22,24-28,30H,2-3,23,29H2,1H3. The summed E-state index contributed by atoms with van der Waals surface area (Å²) in [6.07, 6.45) is 6.48. The van der Waals surface area contributed by atoms with Crippen LogP contribution in [0.3, 0.4) is 0 Å². The number of unbranched alkanes of at least 4 members (excludes halogenated alkanes) is 1. The van der Waals surface area contributed by atoms with Gasteiger partial charge in [-0.3, -0.25) is 0 Å². The van der Waals surface area contributed by atoms with Crippen molar-refractivity contribution in [2.24, 2.45) is 0 Å². The van der Waals surface area contributed by atoms with Crippen molar-refractivity contribution in [1.29, 1.82) is 0 Å². The number of rotatable bonds is 11. The van der Waals surface area contributed by atoms with Crippen molar-refractivity contribution >= 4 is 11.2 Å². The molecular weight excluding hydrogens is 617 g/mol. The largest absolute Gasteiger partial charge is 0.308 e. The van der Waals surface area contributed by atoms with E-state index in [-0.39, 0.29) is 0 Å². The molecule has 3 aromatic heterocycles. The molecular formula is C42H36N8. The van der Waals surface area contributed by atoms with Crippen molar-refractivity contribution in [2.45, 2.75) is 38.3 Å². The first-order valence-electron chi connectivity index (χ1n) is 17.1. The molecule has 5 aromatic carbocycles. The van der Waals surface area contributed by atoms with Crippen molar-refractivity contribution in [3.63, 3.8) is 0 Å². The molecule has 50 heavy (non-hydrogen) atoms. The van der Waals surface area contributed by atoms with Gasteiger partial charge in [-0.05, 0) is 45.0 Å². The Morgan fingerprint density at radius 3 is 1.88 bits per heavy atom. The lowest BCUT2D eigenvalue weighted by molar-refractivity contribution is 0.396. The van der Waals surface area contributed by atoms with E-state index in [1.54, 1.807) is 17.3 Å². The van der Waals surface area contributed by atoms with Crippen LogP contribution in [0.5, 0.6) is 0 Å². The number of fused-ring (bicyclic) bond motifs is 1. The van der Waals surface area contributed by atoms with Crippen LogP contribution in [0.25, 0.3) is 33.7 Å². The van der Waals surface area contributed by atoms with Crippen molar-refractivity contribution in [2.75, 3.05) is 0 Å². The Hall–Kier alpha value is -6.28. The van der Waals surface area contributed by atoms with E-state index < -0.39 is 5.54 Å². The monoisotopic (exact) mass is 652 g/mol. The summed E-state index contributed by atoms with van der Waals surface area (Å²) in [5, 5.41) is 14.7. The molecule has 0 aliphatic heterocycles. The topological polar surface area (TPSA) is 87.2 Å². The average molecular weight is 653 g/mol. The van der Waals surface area contributed by atoms with Gasteiger partial charge < -0.3 is 4.57 Å². The Morgan fingerprint density at radius 1 is 0.660 bits per heavy atom. The minimum absolute atomic E-state index is 0.557. The van der Waals surface area contributed by atoms with Crippen molar-refractivity contribution in [3.05, 3.63) is 180 Å². The van der Waals surface area contributed by atoms with Crippen molar-refractivity contribution in [1.82, 2.24) is 39.7 Å². The number of imidazole rings is 1. The molecule has 0 saturated heterocycles. The van der Waals surface area contributed by atoms with E-state index in [0.717, 1.165) is 69.6 Å². The predicted molar refractivity (Wildman–Crippen MR) is 196 cm³/mol. The van der Waals surface area contributed by atoms with Crippen LogP contribution >= 0.6 is 0 Å². The molecule has 0 saturated carbocycles. The molecule has 8 aromatic rings. The quantitative estimate of drug-likeness (QED) is 0.131. The molecule has 0 N–H and O–H groups in total. The Labute approximate surface area is 291 Å². The van der Waals surface area contributed by atoms with Gasteiger partial charge in [0.05, 0.1) is 12.7 Å². The van der Waals surface area contributed by atoms with Gasteiger partial charge in [0, 0.05) is 12.0 Å². The third-order valence-electron chi connectivity index (χ3n) is 9.31. The lowest BCUT2D eigenvalue weighted by Gasteiger charge is -2.34. The molecule has 0 amide bonds. The molecule has 0 radical (unpaired) electrons. The van der Waals surface area contributed by atoms with Gasteiger partial charge in [0.2, 0.25) is 5.82 Å². The van der Waals surface area contributed by atoms with E-state index in [0.29, 0.717) is 12.4 Å². The van der Waals surface area contributed by atoms with Crippen LogP contribution < -0.4 is 0 Å². The highest BCUT2D eigenvalue weighted by Gasteiger charge is 2.41. The highest BCUT2D eigenvalue weighted by Crippen LogP contribution is 2.40. The Bertz CT molecular complexity index is 2230. The Morgan fingerprint density at radius 2 is 1.26 bits per heavy atom. The number of benzene rings is 5. The van der Waals surface area contributed by atoms with Gasteiger partial charge in [0.25, 0.3) is 0 Å². The zero-order valence-electron chi connectivity index (χ0n) is 27.8. The van der Waals surface area contributed by atoms with E-state index in [1.807, 2.05) is 24.3 Å². The summed E-state index contributed by atoms with van der Waals surface area (Å²) in [7, 11) is 0. The highest BCUT2D eigenvalue weighted by atomic mass is 15.6. The highest BCUT2D eigenvalue weighted by molar-refractivity contribution is 5.80. The number of aromatic nitrogens is 8. The van der Waals surface area contributed by atoms with Gasteiger partial charge in [-0.1, -0.05) is 153 Å². The molecule has 0 fully saturated rings. The van der Waals surface area contributed by atoms with Crippen molar-refractivity contribution < 1.29 is 0 Å². The second-order valence-corrected chi connectivity index (χ2v) is 12.4. The number of aryl methyl sites for hydroxylation is 1. The third kappa shape index (κ3) is 5.64. The van der Waals surface area contributed by atoms with Crippen molar-refractivity contribution in [3.8, 4) is 22.5 Å². The molecule has 8 rings (SSSR count). The maximum absolute atomic E-state index is 5.17. The zero-order valence-corrected chi connectivity index (χ0v) is 27.8. The summed E-state index contributed by atoms with van der Waals surface area (Å²) >= 11 is 0. The predicted octanol–water partition coefficient (Wildman–Crippen LogP) is 8.38. The van der Waals surface area contributed by atoms with E-state index in [4.69, 9.17) is 20.4 Å². The van der Waals surface area contributed by atoms with Gasteiger partial charge in [-0.15, -0.1) is 15.0 Å². The van der Waals surface area contributed by atoms with Crippen LogP contribution in [0.2, 0.25) is 0 Å². The molecule has 3 heterocycles. The summed E-state index contributed by atoms with van der Waals surface area (Å²) in [5.74, 6) is 1.60. The summed E-state index contributed by atoms with van der Waals surface area (Å²) in [6.45, 7) is 2.89. The lowest BCUT2D eigenvalue weighted by Crippen LogP contribution is -2.39. The van der Waals surface area contributed by atoms with Crippen LogP contribution in [0, 0.1) is 0 Å². The fourth-order valence-electron chi connectivity index (χ4n) is 6.87. The maximum Gasteiger partial charge on any atom is 0.205 e.